The molecule has 0 amide bonds. The summed E-state index contributed by atoms with van der Waals surface area (Å²) in [5, 5.41) is 4.09. The topological polar surface area (TPSA) is 56.5 Å². The van der Waals surface area contributed by atoms with Crippen LogP contribution in [0.4, 0.5) is 0 Å². The smallest absolute Gasteiger partial charge is 0.358 e. The van der Waals surface area contributed by atoms with Crippen molar-refractivity contribution in [1.82, 2.24) is 14.6 Å². The Balaban J connectivity index is 2.62. The Morgan fingerprint density at radius 3 is 3.07 bits per heavy atom. The SMILES string of the molecule is C=Cc1cnc2ccc(C(=O)OC)nn12. The van der Waals surface area contributed by atoms with E-state index in [0.29, 0.717) is 5.65 Å². The van der Waals surface area contributed by atoms with E-state index in [1.165, 1.54) is 7.11 Å². The van der Waals surface area contributed by atoms with Crippen molar-refractivity contribution in [3.05, 3.63) is 36.3 Å². The lowest BCUT2D eigenvalue weighted by Crippen LogP contribution is -2.07. The fourth-order valence-corrected chi connectivity index (χ4v) is 1.24. The van der Waals surface area contributed by atoms with Crippen LogP contribution in [0.2, 0.25) is 0 Å². The molecule has 15 heavy (non-hydrogen) atoms. The molecule has 2 aromatic rings. The number of ether oxygens (including phenoxy) is 1. The van der Waals surface area contributed by atoms with E-state index in [2.05, 4.69) is 21.4 Å². The molecule has 0 saturated carbocycles. The van der Waals surface area contributed by atoms with Crippen LogP contribution >= 0.6 is 0 Å². The largest absolute Gasteiger partial charge is 0.464 e. The number of imidazole rings is 1. The van der Waals surface area contributed by atoms with Crippen LogP contribution in [0.25, 0.3) is 11.7 Å². The molecular weight excluding hydrogens is 194 g/mol. The summed E-state index contributed by atoms with van der Waals surface area (Å²) in [6, 6.07) is 3.27. The summed E-state index contributed by atoms with van der Waals surface area (Å²) in [6.45, 7) is 3.63. The number of aromatic nitrogens is 3. The van der Waals surface area contributed by atoms with Gasteiger partial charge in [0.05, 0.1) is 19.0 Å². The van der Waals surface area contributed by atoms with Crippen molar-refractivity contribution in [3.8, 4) is 0 Å². The third kappa shape index (κ3) is 1.48. The van der Waals surface area contributed by atoms with Crippen molar-refractivity contribution in [2.45, 2.75) is 0 Å². The molecule has 0 aliphatic carbocycles. The summed E-state index contributed by atoms with van der Waals surface area (Å²) in [4.78, 5) is 15.3. The third-order valence-electron chi connectivity index (χ3n) is 1.99. The van der Waals surface area contributed by atoms with Gasteiger partial charge in [-0.3, -0.25) is 0 Å². The first-order valence-corrected chi connectivity index (χ1v) is 4.32. The lowest BCUT2D eigenvalue weighted by atomic mass is 10.4. The predicted molar refractivity (Wildman–Crippen MR) is 54.4 cm³/mol. The fraction of sp³-hybridized carbons (Fsp3) is 0.100. The van der Waals surface area contributed by atoms with Gasteiger partial charge >= 0.3 is 5.97 Å². The Bertz CT molecular complexity index is 530. The Kier molecular flexibility index (Phi) is 2.21. The molecule has 0 radical (unpaired) electrons. The van der Waals surface area contributed by atoms with Gasteiger partial charge in [0.25, 0.3) is 0 Å². The van der Waals surface area contributed by atoms with Gasteiger partial charge in [0.2, 0.25) is 0 Å². The second-order valence-electron chi connectivity index (χ2n) is 2.87. The molecule has 2 aromatic heterocycles. The zero-order valence-corrected chi connectivity index (χ0v) is 8.17. The Morgan fingerprint density at radius 1 is 1.60 bits per heavy atom. The van der Waals surface area contributed by atoms with Crippen LogP contribution < -0.4 is 0 Å². The number of hydrogen-bond acceptors (Lipinski definition) is 4. The number of carbonyl (C=O) groups is 1. The number of rotatable bonds is 2. The molecule has 0 aliphatic heterocycles. The summed E-state index contributed by atoms with van der Waals surface area (Å²) in [5.41, 5.74) is 1.64. The Morgan fingerprint density at radius 2 is 2.40 bits per heavy atom. The number of carbonyl (C=O) groups excluding carboxylic acids is 1. The molecule has 76 valence electrons. The average molecular weight is 203 g/mol. The Hall–Kier alpha value is -2.17. The third-order valence-corrected chi connectivity index (χ3v) is 1.99. The highest BCUT2D eigenvalue weighted by molar-refractivity contribution is 5.87. The van der Waals surface area contributed by atoms with E-state index in [-0.39, 0.29) is 5.69 Å². The van der Waals surface area contributed by atoms with Gasteiger partial charge in [-0.25, -0.2) is 14.3 Å². The summed E-state index contributed by atoms with van der Waals surface area (Å²) in [5.74, 6) is -0.472. The predicted octanol–water partition coefficient (Wildman–Crippen LogP) is 1.16. The van der Waals surface area contributed by atoms with Crippen LogP contribution in [0, 0.1) is 0 Å². The molecule has 0 aliphatic rings. The molecule has 2 heterocycles. The van der Waals surface area contributed by atoms with E-state index in [9.17, 15) is 4.79 Å². The van der Waals surface area contributed by atoms with E-state index in [0.717, 1.165) is 5.69 Å². The van der Waals surface area contributed by atoms with Crippen molar-refractivity contribution < 1.29 is 9.53 Å². The van der Waals surface area contributed by atoms with Gasteiger partial charge in [-0.15, -0.1) is 0 Å². The first kappa shape index (κ1) is 9.39. The summed E-state index contributed by atoms with van der Waals surface area (Å²) < 4.78 is 6.12. The minimum absolute atomic E-state index is 0.242. The molecule has 0 atom stereocenters. The summed E-state index contributed by atoms with van der Waals surface area (Å²) in [6.07, 6.45) is 3.25. The van der Waals surface area contributed by atoms with E-state index in [1.807, 2.05) is 0 Å². The lowest BCUT2D eigenvalue weighted by molar-refractivity contribution is 0.0592. The second-order valence-corrected chi connectivity index (χ2v) is 2.87. The van der Waals surface area contributed by atoms with Crippen LogP contribution in [-0.2, 0) is 4.74 Å². The molecule has 5 heteroatoms. The average Bonchev–Trinajstić information content (AvgIpc) is 2.69. The molecule has 0 fully saturated rings. The quantitative estimate of drug-likeness (QED) is 0.687. The van der Waals surface area contributed by atoms with Crippen LogP contribution in [0.3, 0.4) is 0 Å². The highest BCUT2D eigenvalue weighted by Crippen LogP contribution is 2.07. The number of esters is 1. The first-order valence-electron chi connectivity index (χ1n) is 4.32. The van der Waals surface area contributed by atoms with Crippen molar-refractivity contribution in [3.63, 3.8) is 0 Å². The second kappa shape index (κ2) is 3.53. The first-order chi connectivity index (χ1) is 7.26. The summed E-state index contributed by atoms with van der Waals surface area (Å²) >= 11 is 0. The van der Waals surface area contributed by atoms with Crippen LogP contribution in [0.1, 0.15) is 16.2 Å². The van der Waals surface area contributed by atoms with Gasteiger partial charge < -0.3 is 4.74 Å². The number of hydrogen-bond donors (Lipinski definition) is 0. The van der Waals surface area contributed by atoms with Gasteiger partial charge in [0, 0.05) is 0 Å². The molecule has 5 nitrogen and oxygen atoms in total. The van der Waals surface area contributed by atoms with Crippen molar-refractivity contribution in [2.75, 3.05) is 7.11 Å². The highest BCUT2D eigenvalue weighted by Gasteiger charge is 2.09. The van der Waals surface area contributed by atoms with Crippen molar-refractivity contribution >= 4 is 17.7 Å². The van der Waals surface area contributed by atoms with Crippen molar-refractivity contribution in [2.24, 2.45) is 0 Å². The number of fused-ring (bicyclic) bond motifs is 1. The molecule has 0 saturated heterocycles. The normalized spacial score (nSPS) is 10.2. The highest BCUT2D eigenvalue weighted by atomic mass is 16.5. The maximum Gasteiger partial charge on any atom is 0.358 e. The molecular formula is C10H9N3O2. The maximum absolute atomic E-state index is 11.2. The Labute approximate surface area is 86.0 Å². The zero-order chi connectivity index (χ0) is 10.8. The van der Waals surface area contributed by atoms with Crippen LogP contribution in [0.15, 0.2) is 24.9 Å². The van der Waals surface area contributed by atoms with E-state index >= 15 is 0 Å². The standard InChI is InChI=1S/C10H9N3O2/c1-3-7-6-11-9-5-4-8(10(14)15-2)12-13(7)9/h3-6H,1H2,2H3. The van der Waals surface area contributed by atoms with Gasteiger partial charge in [0.15, 0.2) is 11.3 Å². The molecule has 0 unspecified atom stereocenters. The van der Waals surface area contributed by atoms with Gasteiger partial charge in [-0.2, -0.15) is 5.10 Å². The zero-order valence-electron chi connectivity index (χ0n) is 8.17. The van der Waals surface area contributed by atoms with E-state index in [1.54, 1.807) is 28.9 Å². The maximum atomic E-state index is 11.2. The van der Waals surface area contributed by atoms with Gasteiger partial charge in [-0.05, 0) is 18.2 Å². The van der Waals surface area contributed by atoms with Gasteiger partial charge in [-0.1, -0.05) is 6.58 Å². The monoisotopic (exact) mass is 203 g/mol. The molecule has 2 rings (SSSR count). The summed E-state index contributed by atoms with van der Waals surface area (Å²) in [7, 11) is 1.32. The van der Waals surface area contributed by atoms with Crippen molar-refractivity contribution in [1.29, 1.82) is 0 Å². The van der Waals surface area contributed by atoms with Gasteiger partial charge in [0.1, 0.15) is 0 Å². The molecule has 0 N–H and O–H groups in total. The van der Waals surface area contributed by atoms with Crippen LogP contribution in [0.5, 0.6) is 0 Å². The minimum atomic E-state index is -0.472. The minimum Gasteiger partial charge on any atom is -0.464 e. The van der Waals surface area contributed by atoms with E-state index in [4.69, 9.17) is 0 Å². The van der Waals surface area contributed by atoms with E-state index < -0.39 is 5.97 Å². The number of methoxy groups -OCH3 is 1. The number of nitrogens with zero attached hydrogens (tertiary/aromatic N) is 3. The fourth-order valence-electron chi connectivity index (χ4n) is 1.24. The molecule has 0 aromatic carbocycles. The molecule has 0 bridgehead atoms. The molecule has 0 spiro atoms. The van der Waals surface area contributed by atoms with Crippen LogP contribution in [-0.4, -0.2) is 27.7 Å². The lowest BCUT2D eigenvalue weighted by Gasteiger charge is -1.99.